The molecule has 0 saturated carbocycles. The SMILES string of the molecule is CCCOc1nc(Cl)nc(N2CCCC(CCC)CC2)n1. The zero-order chi connectivity index (χ0) is 15.1. The Morgan fingerprint density at radius 2 is 2.00 bits per heavy atom. The Balaban J connectivity index is 2.04. The molecule has 0 aliphatic carbocycles. The number of hydrogen-bond donors (Lipinski definition) is 0. The van der Waals surface area contributed by atoms with Crippen LogP contribution in [0.15, 0.2) is 0 Å². The van der Waals surface area contributed by atoms with E-state index in [0.29, 0.717) is 18.6 Å². The molecule has 6 heteroatoms. The Labute approximate surface area is 132 Å². The van der Waals surface area contributed by atoms with E-state index < -0.39 is 0 Å². The van der Waals surface area contributed by atoms with Crippen LogP contribution in [0, 0.1) is 5.92 Å². The summed E-state index contributed by atoms with van der Waals surface area (Å²) in [7, 11) is 0. The summed E-state index contributed by atoms with van der Waals surface area (Å²) < 4.78 is 5.49. The van der Waals surface area contributed by atoms with Gasteiger partial charge in [-0.15, -0.1) is 0 Å². The van der Waals surface area contributed by atoms with Crippen LogP contribution in [0.2, 0.25) is 5.28 Å². The lowest BCUT2D eigenvalue weighted by Gasteiger charge is -2.20. The Morgan fingerprint density at radius 3 is 2.76 bits per heavy atom. The minimum Gasteiger partial charge on any atom is -0.463 e. The summed E-state index contributed by atoms with van der Waals surface area (Å²) in [5, 5.41) is 0.209. The highest BCUT2D eigenvalue weighted by atomic mass is 35.5. The highest BCUT2D eigenvalue weighted by molar-refractivity contribution is 6.28. The minimum atomic E-state index is 0.209. The standard InChI is InChI=1S/C15H25ClN4O/c1-3-6-12-7-5-9-20(10-8-12)14-17-13(16)18-15(19-14)21-11-4-2/h12H,3-11H2,1-2H3. The molecule has 1 aliphatic heterocycles. The first-order valence-electron chi connectivity index (χ1n) is 8.02. The zero-order valence-corrected chi connectivity index (χ0v) is 13.8. The molecule has 0 spiro atoms. The van der Waals surface area contributed by atoms with Crippen molar-refractivity contribution in [2.75, 3.05) is 24.6 Å². The largest absolute Gasteiger partial charge is 0.463 e. The van der Waals surface area contributed by atoms with Gasteiger partial charge in [-0.3, -0.25) is 0 Å². The molecule has 0 bridgehead atoms. The molecule has 21 heavy (non-hydrogen) atoms. The summed E-state index contributed by atoms with van der Waals surface area (Å²) >= 11 is 6.00. The van der Waals surface area contributed by atoms with E-state index in [0.717, 1.165) is 25.4 Å². The van der Waals surface area contributed by atoms with Gasteiger partial charge in [0, 0.05) is 13.1 Å². The number of ether oxygens (including phenoxy) is 1. The van der Waals surface area contributed by atoms with Crippen molar-refractivity contribution in [1.82, 2.24) is 15.0 Å². The van der Waals surface area contributed by atoms with Gasteiger partial charge in [0.05, 0.1) is 6.61 Å². The van der Waals surface area contributed by atoms with Crippen LogP contribution in [0.4, 0.5) is 5.95 Å². The number of halogens is 1. The van der Waals surface area contributed by atoms with E-state index in [1.165, 1.54) is 32.1 Å². The fourth-order valence-electron chi connectivity index (χ4n) is 2.78. The maximum Gasteiger partial charge on any atom is 0.322 e. The summed E-state index contributed by atoms with van der Waals surface area (Å²) in [5.74, 6) is 1.48. The molecule has 118 valence electrons. The fourth-order valence-corrected chi connectivity index (χ4v) is 2.93. The van der Waals surface area contributed by atoms with Crippen LogP contribution in [-0.2, 0) is 0 Å². The molecule has 0 N–H and O–H groups in total. The number of hydrogen-bond acceptors (Lipinski definition) is 5. The predicted molar refractivity (Wildman–Crippen MR) is 85.1 cm³/mol. The molecular weight excluding hydrogens is 288 g/mol. The van der Waals surface area contributed by atoms with Crippen LogP contribution in [-0.4, -0.2) is 34.6 Å². The molecular formula is C15H25ClN4O. The molecule has 1 unspecified atom stereocenters. The van der Waals surface area contributed by atoms with Gasteiger partial charge < -0.3 is 9.64 Å². The molecule has 1 atom stereocenters. The van der Waals surface area contributed by atoms with Crippen molar-refractivity contribution >= 4 is 17.5 Å². The number of nitrogens with zero attached hydrogens (tertiary/aromatic N) is 4. The number of anilines is 1. The summed E-state index contributed by atoms with van der Waals surface area (Å²) in [4.78, 5) is 14.9. The molecule has 2 heterocycles. The monoisotopic (exact) mass is 312 g/mol. The van der Waals surface area contributed by atoms with E-state index in [-0.39, 0.29) is 5.28 Å². The van der Waals surface area contributed by atoms with Gasteiger partial charge in [0.2, 0.25) is 11.2 Å². The molecule has 1 saturated heterocycles. The molecule has 1 aliphatic rings. The van der Waals surface area contributed by atoms with Crippen molar-refractivity contribution in [3.63, 3.8) is 0 Å². The predicted octanol–water partition coefficient (Wildman–Crippen LogP) is 3.72. The maximum absolute atomic E-state index is 6.00. The second kappa shape index (κ2) is 8.37. The lowest BCUT2D eigenvalue weighted by molar-refractivity contribution is 0.291. The van der Waals surface area contributed by atoms with Gasteiger partial charge in [0.1, 0.15) is 0 Å². The van der Waals surface area contributed by atoms with E-state index in [2.05, 4.69) is 26.8 Å². The molecule has 1 fully saturated rings. The lowest BCUT2D eigenvalue weighted by Crippen LogP contribution is -2.26. The molecule has 0 aromatic carbocycles. The van der Waals surface area contributed by atoms with Gasteiger partial charge >= 0.3 is 6.01 Å². The normalized spacial score (nSPS) is 19.4. The van der Waals surface area contributed by atoms with Crippen LogP contribution in [0.3, 0.4) is 0 Å². The zero-order valence-electron chi connectivity index (χ0n) is 13.0. The highest BCUT2D eigenvalue weighted by Gasteiger charge is 2.19. The van der Waals surface area contributed by atoms with Crippen molar-refractivity contribution in [1.29, 1.82) is 0 Å². The summed E-state index contributed by atoms with van der Waals surface area (Å²) in [6, 6.07) is 0.334. The second-order valence-corrected chi connectivity index (χ2v) is 5.95. The van der Waals surface area contributed by atoms with E-state index in [4.69, 9.17) is 16.3 Å². The van der Waals surface area contributed by atoms with Gasteiger partial charge in [-0.25, -0.2) is 0 Å². The Morgan fingerprint density at radius 1 is 1.14 bits per heavy atom. The maximum atomic E-state index is 6.00. The summed E-state index contributed by atoms with van der Waals surface area (Å²) in [6.07, 6.45) is 7.17. The van der Waals surface area contributed by atoms with Gasteiger partial charge in [0.25, 0.3) is 0 Å². The summed E-state index contributed by atoms with van der Waals surface area (Å²) in [5.41, 5.74) is 0. The molecule has 1 aromatic rings. The Hall–Kier alpha value is -1.10. The van der Waals surface area contributed by atoms with Gasteiger partial charge in [-0.1, -0.05) is 26.7 Å². The average molecular weight is 313 g/mol. The average Bonchev–Trinajstić information content (AvgIpc) is 2.71. The van der Waals surface area contributed by atoms with Crippen molar-refractivity contribution in [2.24, 2.45) is 5.92 Å². The van der Waals surface area contributed by atoms with Crippen LogP contribution >= 0.6 is 11.6 Å². The number of aromatic nitrogens is 3. The van der Waals surface area contributed by atoms with Crippen molar-refractivity contribution in [3.05, 3.63) is 5.28 Å². The van der Waals surface area contributed by atoms with Crippen LogP contribution in [0.25, 0.3) is 0 Å². The quantitative estimate of drug-likeness (QED) is 0.801. The van der Waals surface area contributed by atoms with E-state index in [1.54, 1.807) is 0 Å². The first kappa shape index (κ1) is 16.3. The third-order valence-corrected chi connectivity index (χ3v) is 4.01. The van der Waals surface area contributed by atoms with Crippen molar-refractivity contribution < 1.29 is 4.74 Å². The third kappa shape index (κ3) is 4.99. The fraction of sp³-hybridized carbons (Fsp3) is 0.800. The Kier molecular flexibility index (Phi) is 6.49. The second-order valence-electron chi connectivity index (χ2n) is 5.61. The summed E-state index contributed by atoms with van der Waals surface area (Å²) in [6.45, 7) is 6.86. The number of rotatable bonds is 6. The first-order chi connectivity index (χ1) is 10.2. The van der Waals surface area contributed by atoms with Crippen LogP contribution < -0.4 is 9.64 Å². The first-order valence-corrected chi connectivity index (χ1v) is 8.40. The van der Waals surface area contributed by atoms with Crippen molar-refractivity contribution in [3.8, 4) is 6.01 Å². The lowest BCUT2D eigenvalue weighted by atomic mass is 9.96. The van der Waals surface area contributed by atoms with Gasteiger partial charge in [0.15, 0.2) is 0 Å². The van der Waals surface area contributed by atoms with Crippen molar-refractivity contribution in [2.45, 2.75) is 52.4 Å². The van der Waals surface area contributed by atoms with E-state index >= 15 is 0 Å². The van der Waals surface area contributed by atoms with E-state index in [1.807, 2.05) is 6.92 Å². The highest BCUT2D eigenvalue weighted by Crippen LogP contribution is 2.25. The molecule has 0 amide bonds. The topological polar surface area (TPSA) is 51.1 Å². The molecule has 1 aromatic heterocycles. The van der Waals surface area contributed by atoms with E-state index in [9.17, 15) is 0 Å². The Bertz CT molecular complexity index is 444. The molecule has 2 rings (SSSR count). The molecule has 5 nitrogen and oxygen atoms in total. The van der Waals surface area contributed by atoms with Crippen LogP contribution in [0.1, 0.15) is 52.4 Å². The van der Waals surface area contributed by atoms with Crippen LogP contribution in [0.5, 0.6) is 6.01 Å². The van der Waals surface area contributed by atoms with Gasteiger partial charge in [-0.2, -0.15) is 15.0 Å². The van der Waals surface area contributed by atoms with Gasteiger partial charge in [-0.05, 0) is 43.2 Å². The minimum absolute atomic E-state index is 0.209. The smallest absolute Gasteiger partial charge is 0.322 e. The third-order valence-electron chi connectivity index (χ3n) is 3.84. The molecule has 0 radical (unpaired) electrons.